The van der Waals surface area contributed by atoms with E-state index < -0.39 is 0 Å². The molecule has 4 rings (SSSR count). The van der Waals surface area contributed by atoms with Crippen LogP contribution in [0, 0.1) is 11.3 Å². The Balaban J connectivity index is 1.52. The van der Waals surface area contributed by atoms with Crippen molar-refractivity contribution in [2.75, 3.05) is 11.1 Å². The molecule has 0 fully saturated rings. The number of rotatable bonds is 4. The monoisotopic (exact) mass is 414 g/mol. The van der Waals surface area contributed by atoms with Gasteiger partial charge in [0, 0.05) is 15.3 Å². The number of anilines is 1. The molecule has 3 aromatic rings. The molecular weight excluding hydrogens is 400 g/mol. The van der Waals surface area contributed by atoms with Crippen LogP contribution in [0.1, 0.15) is 28.8 Å². The Hall–Kier alpha value is -2.14. The van der Waals surface area contributed by atoms with Gasteiger partial charge in [-0.05, 0) is 49.4 Å². The molecule has 0 radical (unpaired) electrons. The molecule has 0 aliphatic heterocycles. The fourth-order valence-corrected chi connectivity index (χ4v) is 5.50. The summed E-state index contributed by atoms with van der Waals surface area (Å²) in [5, 5.41) is 14.4. The van der Waals surface area contributed by atoms with Crippen molar-refractivity contribution in [2.24, 2.45) is 0 Å². The van der Waals surface area contributed by atoms with E-state index in [1.165, 1.54) is 35.0 Å². The summed E-state index contributed by atoms with van der Waals surface area (Å²) in [6, 6.07) is 6.86. The summed E-state index contributed by atoms with van der Waals surface area (Å²) in [6.07, 6.45) is 6.13. The van der Waals surface area contributed by atoms with E-state index in [2.05, 4.69) is 21.4 Å². The number of halogens is 1. The number of fused-ring (bicyclic) bond motifs is 3. The van der Waals surface area contributed by atoms with E-state index in [9.17, 15) is 10.1 Å². The number of hydrogen-bond donors (Lipinski definition) is 1. The zero-order valence-electron chi connectivity index (χ0n) is 14.3. The molecule has 136 valence electrons. The SMILES string of the molecule is N#Cc1ccc(Cl)cc1NC(=O)CSc1ncnc2sc3c(c12)CCCC3. The Labute approximate surface area is 169 Å². The number of nitrogens with one attached hydrogen (secondary N) is 1. The molecule has 1 amide bonds. The molecule has 2 aromatic heterocycles. The summed E-state index contributed by atoms with van der Waals surface area (Å²) in [7, 11) is 0. The zero-order valence-corrected chi connectivity index (χ0v) is 16.7. The largest absolute Gasteiger partial charge is 0.324 e. The average Bonchev–Trinajstić information content (AvgIpc) is 3.06. The number of benzene rings is 1. The first-order valence-electron chi connectivity index (χ1n) is 8.53. The molecule has 1 N–H and O–H groups in total. The van der Waals surface area contributed by atoms with E-state index in [1.54, 1.807) is 35.9 Å². The van der Waals surface area contributed by atoms with Crippen molar-refractivity contribution >= 4 is 56.5 Å². The number of carbonyl (C=O) groups excluding carboxylic acids is 1. The molecule has 2 heterocycles. The molecule has 0 saturated carbocycles. The van der Waals surface area contributed by atoms with Crippen molar-refractivity contribution in [3.05, 3.63) is 45.6 Å². The summed E-state index contributed by atoms with van der Waals surface area (Å²) in [4.78, 5) is 23.6. The second-order valence-electron chi connectivity index (χ2n) is 6.21. The number of thiophene rings is 1. The van der Waals surface area contributed by atoms with Gasteiger partial charge >= 0.3 is 0 Å². The maximum Gasteiger partial charge on any atom is 0.234 e. The summed E-state index contributed by atoms with van der Waals surface area (Å²) in [5.74, 6) is 0.00308. The van der Waals surface area contributed by atoms with Gasteiger partial charge in [0.2, 0.25) is 5.91 Å². The fraction of sp³-hybridized carbons (Fsp3) is 0.263. The number of carbonyl (C=O) groups is 1. The Morgan fingerprint density at radius 1 is 1.33 bits per heavy atom. The van der Waals surface area contributed by atoms with Crippen LogP contribution in [0.15, 0.2) is 29.6 Å². The van der Waals surface area contributed by atoms with Crippen LogP contribution in [0.25, 0.3) is 10.2 Å². The van der Waals surface area contributed by atoms with Gasteiger partial charge in [0.05, 0.1) is 17.0 Å². The molecule has 0 atom stereocenters. The van der Waals surface area contributed by atoms with Crippen LogP contribution in [0.3, 0.4) is 0 Å². The van der Waals surface area contributed by atoms with Crippen molar-refractivity contribution in [1.82, 2.24) is 9.97 Å². The Morgan fingerprint density at radius 2 is 2.19 bits per heavy atom. The average molecular weight is 415 g/mol. The third-order valence-corrected chi connectivity index (χ3v) is 6.86. The van der Waals surface area contributed by atoms with Gasteiger partial charge in [-0.2, -0.15) is 5.26 Å². The molecule has 27 heavy (non-hydrogen) atoms. The Bertz CT molecular complexity index is 1070. The topological polar surface area (TPSA) is 78.7 Å². The van der Waals surface area contributed by atoms with Crippen LogP contribution in [-0.2, 0) is 17.6 Å². The lowest BCUT2D eigenvalue weighted by Crippen LogP contribution is -2.15. The molecule has 0 unspecified atom stereocenters. The van der Waals surface area contributed by atoms with Crippen LogP contribution in [-0.4, -0.2) is 21.6 Å². The standard InChI is InChI=1S/C19H15ClN4OS2/c20-12-6-5-11(8-21)14(7-12)24-16(25)9-26-18-17-13-3-1-2-4-15(13)27-19(17)23-10-22-18/h5-7,10H,1-4,9H2,(H,24,25). The second kappa shape index (κ2) is 7.85. The van der Waals surface area contributed by atoms with Crippen LogP contribution in [0.2, 0.25) is 5.02 Å². The maximum absolute atomic E-state index is 12.4. The first-order valence-corrected chi connectivity index (χ1v) is 10.7. The molecule has 1 aliphatic carbocycles. The summed E-state index contributed by atoms with van der Waals surface area (Å²) in [6.45, 7) is 0. The van der Waals surface area contributed by atoms with Crippen LogP contribution in [0.4, 0.5) is 5.69 Å². The number of thioether (sulfide) groups is 1. The highest BCUT2D eigenvalue weighted by Crippen LogP contribution is 2.39. The number of nitriles is 1. The van der Waals surface area contributed by atoms with E-state index in [0.29, 0.717) is 16.3 Å². The molecule has 0 bridgehead atoms. The minimum atomic E-state index is -0.199. The Morgan fingerprint density at radius 3 is 3.04 bits per heavy atom. The van der Waals surface area contributed by atoms with Crippen molar-refractivity contribution < 1.29 is 4.79 Å². The number of nitrogens with zero attached hydrogens (tertiary/aromatic N) is 3. The van der Waals surface area contributed by atoms with E-state index in [1.807, 2.05) is 0 Å². The minimum absolute atomic E-state index is 0.199. The molecular formula is C19H15ClN4OS2. The van der Waals surface area contributed by atoms with E-state index in [4.69, 9.17) is 11.6 Å². The van der Waals surface area contributed by atoms with Gasteiger partial charge in [-0.25, -0.2) is 9.97 Å². The maximum atomic E-state index is 12.4. The van der Waals surface area contributed by atoms with Crippen molar-refractivity contribution in [3.8, 4) is 6.07 Å². The first kappa shape index (κ1) is 18.2. The van der Waals surface area contributed by atoms with Crippen LogP contribution in [0.5, 0.6) is 0 Å². The first-order chi connectivity index (χ1) is 13.2. The number of amides is 1. The molecule has 0 spiro atoms. The van der Waals surface area contributed by atoms with Gasteiger partial charge in [-0.3, -0.25) is 4.79 Å². The van der Waals surface area contributed by atoms with Gasteiger partial charge in [-0.15, -0.1) is 11.3 Å². The highest BCUT2D eigenvalue weighted by Gasteiger charge is 2.20. The lowest BCUT2D eigenvalue weighted by atomic mass is 9.97. The predicted molar refractivity (Wildman–Crippen MR) is 110 cm³/mol. The minimum Gasteiger partial charge on any atom is -0.324 e. The van der Waals surface area contributed by atoms with Gasteiger partial charge in [0.25, 0.3) is 0 Å². The van der Waals surface area contributed by atoms with Gasteiger partial charge < -0.3 is 5.32 Å². The number of aryl methyl sites for hydroxylation is 2. The molecule has 8 heteroatoms. The van der Waals surface area contributed by atoms with Crippen molar-refractivity contribution in [1.29, 1.82) is 5.26 Å². The number of hydrogen-bond acceptors (Lipinski definition) is 6. The van der Waals surface area contributed by atoms with E-state index >= 15 is 0 Å². The zero-order chi connectivity index (χ0) is 18.8. The van der Waals surface area contributed by atoms with Crippen LogP contribution < -0.4 is 5.32 Å². The molecule has 1 aromatic carbocycles. The third kappa shape index (κ3) is 3.79. The molecule has 5 nitrogen and oxygen atoms in total. The highest BCUT2D eigenvalue weighted by molar-refractivity contribution is 8.00. The third-order valence-electron chi connectivity index (χ3n) is 4.43. The normalized spacial score (nSPS) is 13.2. The lowest BCUT2D eigenvalue weighted by Gasteiger charge is -2.11. The van der Waals surface area contributed by atoms with Gasteiger partial charge in [-0.1, -0.05) is 23.4 Å². The summed E-state index contributed by atoms with van der Waals surface area (Å²) >= 11 is 9.11. The molecule has 1 aliphatic rings. The smallest absolute Gasteiger partial charge is 0.234 e. The summed E-state index contributed by atoms with van der Waals surface area (Å²) < 4.78 is 0. The molecule has 0 saturated heterocycles. The van der Waals surface area contributed by atoms with Crippen LogP contribution >= 0.6 is 34.7 Å². The predicted octanol–water partition coefficient (Wildman–Crippen LogP) is 4.83. The summed E-state index contributed by atoms with van der Waals surface area (Å²) in [5.41, 5.74) is 2.16. The van der Waals surface area contributed by atoms with Gasteiger partial charge in [0.15, 0.2) is 0 Å². The van der Waals surface area contributed by atoms with Gasteiger partial charge in [0.1, 0.15) is 22.3 Å². The van der Waals surface area contributed by atoms with E-state index in [-0.39, 0.29) is 11.7 Å². The van der Waals surface area contributed by atoms with Crippen molar-refractivity contribution in [3.63, 3.8) is 0 Å². The highest BCUT2D eigenvalue weighted by atomic mass is 35.5. The number of aromatic nitrogens is 2. The quantitative estimate of drug-likeness (QED) is 0.488. The van der Waals surface area contributed by atoms with Crippen molar-refractivity contribution in [2.45, 2.75) is 30.7 Å². The lowest BCUT2D eigenvalue weighted by molar-refractivity contribution is -0.113. The Kier molecular flexibility index (Phi) is 5.30. The van der Waals surface area contributed by atoms with E-state index in [0.717, 1.165) is 28.1 Å². The fourth-order valence-electron chi connectivity index (χ4n) is 3.21. The second-order valence-corrected chi connectivity index (χ2v) is 8.69.